The van der Waals surface area contributed by atoms with Crippen LogP contribution >= 0.6 is 0 Å². The number of benzene rings is 2. The largest absolute Gasteiger partial charge is 0.491 e. The first kappa shape index (κ1) is 20.9. The summed E-state index contributed by atoms with van der Waals surface area (Å²) < 4.78 is 5.77. The van der Waals surface area contributed by atoms with Crippen molar-refractivity contribution < 1.29 is 19.1 Å². The van der Waals surface area contributed by atoms with E-state index in [1.165, 1.54) is 0 Å². The van der Waals surface area contributed by atoms with Gasteiger partial charge in [-0.1, -0.05) is 24.3 Å². The van der Waals surface area contributed by atoms with Gasteiger partial charge in [-0.15, -0.1) is 0 Å². The Morgan fingerprint density at radius 3 is 2.61 bits per heavy atom. The molecular weight excluding hydrogens is 394 g/mol. The number of nitrogens with zero attached hydrogens (tertiary/aromatic N) is 1. The molecule has 162 valence electrons. The Morgan fingerprint density at radius 1 is 1.03 bits per heavy atom. The van der Waals surface area contributed by atoms with E-state index in [0.717, 1.165) is 18.4 Å². The van der Waals surface area contributed by atoms with E-state index in [1.807, 2.05) is 31.2 Å². The molecule has 3 amide bonds. The number of fused-ring (bicyclic) bond motifs is 4. The van der Waals surface area contributed by atoms with E-state index in [-0.39, 0.29) is 36.2 Å². The van der Waals surface area contributed by atoms with Crippen molar-refractivity contribution >= 4 is 17.7 Å². The Balaban J connectivity index is 1.60. The Morgan fingerprint density at radius 2 is 1.81 bits per heavy atom. The van der Waals surface area contributed by atoms with Gasteiger partial charge in [-0.25, -0.2) is 0 Å². The molecule has 7 nitrogen and oxygen atoms in total. The smallest absolute Gasteiger partial charge is 0.254 e. The lowest BCUT2D eigenvalue weighted by Crippen LogP contribution is -2.47. The van der Waals surface area contributed by atoms with Crippen LogP contribution in [0, 0.1) is 6.92 Å². The lowest BCUT2D eigenvalue weighted by atomic mass is 10.1. The van der Waals surface area contributed by atoms with Gasteiger partial charge in [0.1, 0.15) is 12.4 Å². The molecule has 2 atom stereocenters. The molecule has 4 rings (SSSR count). The second-order valence-electron chi connectivity index (χ2n) is 8.06. The average molecular weight is 421 g/mol. The topological polar surface area (TPSA) is 87.7 Å². The molecule has 0 spiro atoms. The second kappa shape index (κ2) is 9.20. The summed E-state index contributed by atoms with van der Waals surface area (Å²) >= 11 is 0. The zero-order chi connectivity index (χ0) is 21.8. The number of nitrogens with one attached hydrogen (secondary N) is 2. The molecule has 2 heterocycles. The van der Waals surface area contributed by atoms with Crippen molar-refractivity contribution in [2.45, 2.75) is 38.3 Å². The van der Waals surface area contributed by atoms with Gasteiger partial charge in [0.15, 0.2) is 0 Å². The van der Waals surface area contributed by atoms with Gasteiger partial charge in [-0.3, -0.25) is 14.4 Å². The molecule has 1 fully saturated rings. The predicted molar refractivity (Wildman–Crippen MR) is 116 cm³/mol. The summed E-state index contributed by atoms with van der Waals surface area (Å²) in [4.78, 5) is 40.4. The van der Waals surface area contributed by atoms with Crippen molar-refractivity contribution in [3.8, 4) is 5.75 Å². The molecule has 0 aromatic heterocycles. The minimum Gasteiger partial charge on any atom is -0.491 e. The number of hydrogen-bond acceptors (Lipinski definition) is 4. The summed E-state index contributed by atoms with van der Waals surface area (Å²) in [6, 6.07) is 14.0. The molecule has 2 aliphatic heterocycles. The molecule has 4 bridgehead atoms. The number of carbonyl (C=O) groups excluding carboxylic acids is 3. The van der Waals surface area contributed by atoms with Gasteiger partial charge >= 0.3 is 0 Å². The van der Waals surface area contributed by atoms with Gasteiger partial charge in [0.25, 0.3) is 11.8 Å². The minimum absolute atomic E-state index is 0.107. The Bertz CT molecular complexity index is 976. The molecule has 7 heteroatoms. The number of aryl methyl sites for hydroxylation is 1. The first-order valence-electron chi connectivity index (χ1n) is 10.7. The van der Waals surface area contributed by atoms with Crippen LogP contribution in [0.5, 0.6) is 5.75 Å². The quantitative estimate of drug-likeness (QED) is 0.740. The third-order valence-electron chi connectivity index (χ3n) is 5.93. The van der Waals surface area contributed by atoms with Gasteiger partial charge in [0.2, 0.25) is 5.91 Å². The molecule has 31 heavy (non-hydrogen) atoms. The van der Waals surface area contributed by atoms with E-state index < -0.39 is 0 Å². The highest BCUT2D eigenvalue weighted by molar-refractivity contribution is 5.96. The molecule has 2 aromatic carbocycles. The monoisotopic (exact) mass is 421 g/mol. The van der Waals surface area contributed by atoms with Crippen LogP contribution in [0.25, 0.3) is 0 Å². The Labute approximate surface area is 181 Å². The number of amides is 3. The van der Waals surface area contributed by atoms with E-state index in [2.05, 4.69) is 10.6 Å². The fourth-order valence-corrected chi connectivity index (χ4v) is 4.27. The van der Waals surface area contributed by atoms with Crippen LogP contribution in [-0.2, 0) is 4.79 Å². The fraction of sp³-hybridized carbons (Fsp3) is 0.375. The summed E-state index contributed by atoms with van der Waals surface area (Å²) in [7, 11) is 0. The van der Waals surface area contributed by atoms with Crippen molar-refractivity contribution in [1.29, 1.82) is 0 Å². The van der Waals surface area contributed by atoms with Gasteiger partial charge in [-0.05, 0) is 49.6 Å². The standard InChI is InChI=1S/C24H27N3O4/c1-16-7-8-18-13-21(16)31-12-11-25-22(28)14-19-9-10-20(15-26-23(18)29)27(19)24(30)17-5-3-2-4-6-17/h2-8,13,19-20H,9-12,14-15H2,1H3,(H,25,28)(H,26,29)/t19-,20+/m0/s1. The highest BCUT2D eigenvalue weighted by Crippen LogP contribution is 2.28. The number of hydrogen-bond donors (Lipinski definition) is 2. The van der Waals surface area contributed by atoms with Crippen LogP contribution in [0.2, 0.25) is 0 Å². The normalized spacial score (nSPS) is 21.9. The molecule has 2 aromatic rings. The summed E-state index contributed by atoms with van der Waals surface area (Å²) in [6.07, 6.45) is 1.69. The number of ether oxygens (including phenoxy) is 1. The maximum atomic E-state index is 13.3. The molecule has 0 aliphatic carbocycles. The van der Waals surface area contributed by atoms with Crippen LogP contribution in [0.4, 0.5) is 0 Å². The van der Waals surface area contributed by atoms with E-state index in [0.29, 0.717) is 36.6 Å². The molecule has 1 saturated heterocycles. The van der Waals surface area contributed by atoms with E-state index in [9.17, 15) is 14.4 Å². The first-order valence-corrected chi connectivity index (χ1v) is 10.7. The molecule has 0 radical (unpaired) electrons. The average Bonchev–Trinajstić information content (AvgIpc) is 3.17. The van der Waals surface area contributed by atoms with Crippen molar-refractivity contribution in [3.63, 3.8) is 0 Å². The zero-order valence-corrected chi connectivity index (χ0v) is 17.6. The number of rotatable bonds is 1. The fourth-order valence-electron chi connectivity index (χ4n) is 4.27. The van der Waals surface area contributed by atoms with Crippen molar-refractivity contribution in [2.24, 2.45) is 0 Å². The van der Waals surface area contributed by atoms with E-state index in [1.54, 1.807) is 29.2 Å². The molecule has 2 N–H and O–H groups in total. The van der Waals surface area contributed by atoms with Crippen molar-refractivity contribution in [2.75, 3.05) is 19.7 Å². The lowest BCUT2D eigenvalue weighted by molar-refractivity contribution is -0.122. The first-order chi connectivity index (χ1) is 15.0. The van der Waals surface area contributed by atoms with Crippen molar-refractivity contribution in [3.05, 3.63) is 65.2 Å². The van der Waals surface area contributed by atoms with Crippen LogP contribution in [0.1, 0.15) is 45.5 Å². The molecule has 0 unspecified atom stereocenters. The Kier molecular flexibility index (Phi) is 6.21. The summed E-state index contributed by atoms with van der Waals surface area (Å²) in [5.41, 5.74) is 2.02. The highest BCUT2D eigenvalue weighted by atomic mass is 16.5. The third kappa shape index (κ3) is 4.71. The molecular formula is C24H27N3O4. The van der Waals surface area contributed by atoms with Crippen LogP contribution in [-0.4, -0.2) is 54.4 Å². The molecule has 2 aliphatic rings. The van der Waals surface area contributed by atoms with Crippen LogP contribution in [0.15, 0.2) is 48.5 Å². The highest BCUT2D eigenvalue weighted by Gasteiger charge is 2.38. The maximum absolute atomic E-state index is 13.3. The van der Waals surface area contributed by atoms with Crippen LogP contribution in [0.3, 0.4) is 0 Å². The summed E-state index contributed by atoms with van der Waals surface area (Å²) in [5, 5.41) is 5.85. The SMILES string of the molecule is Cc1ccc2cc1OCCNC(=O)C[C@@H]1CC[C@H](CNC2=O)N1C(=O)c1ccccc1. The van der Waals surface area contributed by atoms with Gasteiger partial charge < -0.3 is 20.3 Å². The minimum atomic E-state index is -0.205. The van der Waals surface area contributed by atoms with Crippen molar-refractivity contribution in [1.82, 2.24) is 15.5 Å². The van der Waals surface area contributed by atoms with Crippen LogP contribution < -0.4 is 15.4 Å². The van der Waals surface area contributed by atoms with Gasteiger partial charge in [-0.2, -0.15) is 0 Å². The molecule has 0 saturated carbocycles. The number of carbonyl (C=O) groups is 3. The summed E-state index contributed by atoms with van der Waals surface area (Å²) in [5.74, 6) is 0.202. The zero-order valence-electron chi connectivity index (χ0n) is 17.6. The lowest BCUT2D eigenvalue weighted by Gasteiger charge is -2.30. The summed E-state index contributed by atoms with van der Waals surface area (Å²) in [6.45, 7) is 2.91. The maximum Gasteiger partial charge on any atom is 0.254 e. The second-order valence-corrected chi connectivity index (χ2v) is 8.06. The predicted octanol–water partition coefficient (Wildman–Crippen LogP) is 2.30. The third-order valence-corrected chi connectivity index (χ3v) is 5.93. The van der Waals surface area contributed by atoms with Gasteiger partial charge in [0.05, 0.1) is 6.54 Å². The van der Waals surface area contributed by atoms with E-state index in [4.69, 9.17) is 4.74 Å². The Hall–Kier alpha value is -3.35. The van der Waals surface area contributed by atoms with Gasteiger partial charge in [0, 0.05) is 36.2 Å². The van der Waals surface area contributed by atoms with E-state index >= 15 is 0 Å².